The van der Waals surface area contributed by atoms with Gasteiger partial charge in [-0.25, -0.2) is 0 Å². The molecule has 4 aliphatic heterocycles. The van der Waals surface area contributed by atoms with Crippen LogP contribution in [0.3, 0.4) is 0 Å². The number of aliphatic hydroxyl groups excluding tert-OH is 1. The van der Waals surface area contributed by atoms with Gasteiger partial charge in [0.15, 0.2) is 0 Å². The number of thioether (sulfide) groups is 1. The summed E-state index contributed by atoms with van der Waals surface area (Å²) in [5, 5.41) is 10.2. The third kappa shape index (κ3) is 5.19. The van der Waals surface area contributed by atoms with Crippen molar-refractivity contribution in [3.05, 3.63) is 72.8 Å². The van der Waals surface area contributed by atoms with Gasteiger partial charge in [0, 0.05) is 48.5 Å². The van der Waals surface area contributed by atoms with Crippen LogP contribution in [0.15, 0.2) is 72.8 Å². The summed E-state index contributed by atoms with van der Waals surface area (Å²) >= 11 is 1.55. The third-order valence-electron chi connectivity index (χ3n) is 9.92. The van der Waals surface area contributed by atoms with Crippen molar-refractivity contribution in [3.8, 4) is 5.75 Å². The Balaban J connectivity index is 1.39. The number of aliphatic hydroxyl groups is 1. The minimum atomic E-state index is -0.955. The molecule has 0 radical (unpaired) electrons. The Morgan fingerprint density at radius 3 is 2.13 bits per heavy atom. The molecule has 1 N–H and O–H groups in total. The number of anilines is 3. The van der Waals surface area contributed by atoms with E-state index in [1.54, 1.807) is 26.5 Å². The molecule has 6 rings (SSSR count). The van der Waals surface area contributed by atoms with Crippen LogP contribution in [0.25, 0.3) is 0 Å². The molecule has 0 aromatic heterocycles. The van der Waals surface area contributed by atoms with Crippen LogP contribution >= 0.6 is 11.8 Å². The van der Waals surface area contributed by atoms with Gasteiger partial charge in [-0.2, -0.15) is 0 Å². The molecule has 0 saturated carbocycles. The molecular weight excluding hydrogens is 600 g/mol. The van der Waals surface area contributed by atoms with E-state index in [-0.39, 0.29) is 29.6 Å². The molecule has 2 saturated heterocycles. The zero-order valence-corrected chi connectivity index (χ0v) is 27.9. The van der Waals surface area contributed by atoms with Crippen LogP contribution in [-0.2, 0) is 14.4 Å². The number of hydrogen-bond donors (Lipinski definition) is 1. The Morgan fingerprint density at radius 2 is 1.52 bits per heavy atom. The van der Waals surface area contributed by atoms with Crippen molar-refractivity contribution >= 4 is 46.5 Å². The van der Waals surface area contributed by atoms with Crippen molar-refractivity contribution < 1.29 is 24.2 Å². The largest absolute Gasteiger partial charge is 0.494 e. The maximum Gasteiger partial charge on any atom is 0.251 e. The Hall–Kier alpha value is -3.76. The van der Waals surface area contributed by atoms with E-state index < -0.39 is 28.7 Å². The van der Waals surface area contributed by atoms with Crippen LogP contribution < -0.4 is 19.4 Å². The molecule has 2 aromatic rings. The minimum Gasteiger partial charge on any atom is -0.494 e. The first-order valence-corrected chi connectivity index (χ1v) is 17.4. The van der Waals surface area contributed by atoms with Crippen molar-refractivity contribution in [1.29, 1.82) is 0 Å². The molecule has 2 aromatic carbocycles. The number of fused-ring (bicyclic) bond motifs is 2. The molecule has 46 heavy (non-hydrogen) atoms. The zero-order valence-electron chi connectivity index (χ0n) is 27.0. The van der Waals surface area contributed by atoms with Gasteiger partial charge in [0.05, 0.1) is 35.8 Å². The molecule has 4 aliphatic rings. The van der Waals surface area contributed by atoms with Gasteiger partial charge in [-0.3, -0.25) is 14.4 Å². The summed E-state index contributed by atoms with van der Waals surface area (Å²) in [5.41, 5.74) is 2.57. The van der Waals surface area contributed by atoms with Crippen LogP contribution in [0.2, 0.25) is 0 Å². The average molecular weight is 645 g/mol. The highest BCUT2D eigenvalue weighted by Gasteiger charge is 2.71. The topological polar surface area (TPSA) is 93.6 Å². The van der Waals surface area contributed by atoms with Crippen LogP contribution in [0.4, 0.5) is 17.1 Å². The molecule has 0 bridgehead atoms. The Labute approximate surface area is 275 Å². The van der Waals surface area contributed by atoms with Crippen molar-refractivity contribution in [2.75, 3.05) is 54.1 Å². The highest BCUT2D eigenvalue weighted by molar-refractivity contribution is 8.02. The third-order valence-corrected chi connectivity index (χ3v) is 11.7. The van der Waals surface area contributed by atoms with Gasteiger partial charge >= 0.3 is 0 Å². The van der Waals surface area contributed by atoms with Gasteiger partial charge < -0.3 is 29.4 Å². The van der Waals surface area contributed by atoms with Gasteiger partial charge in [-0.15, -0.1) is 11.8 Å². The van der Waals surface area contributed by atoms with E-state index >= 15 is 0 Å². The molecule has 0 aliphatic carbocycles. The molecule has 1 spiro atoms. The molecule has 2 fully saturated rings. The molecule has 1 unspecified atom stereocenters. The fourth-order valence-electron chi connectivity index (χ4n) is 7.67. The summed E-state index contributed by atoms with van der Waals surface area (Å²) in [4.78, 5) is 51.3. The number of rotatable bonds is 10. The second-order valence-corrected chi connectivity index (χ2v) is 13.7. The fraction of sp³-hybridized carbons (Fsp3) is 0.472. The molecule has 9 nitrogen and oxygen atoms in total. The van der Waals surface area contributed by atoms with E-state index in [0.717, 1.165) is 35.9 Å². The van der Waals surface area contributed by atoms with Gasteiger partial charge in [0.2, 0.25) is 11.8 Å². The predicted molar refractivity (Wildman–Crippen MR) is 183 cm³/mol. The quantitative estimate of drug-likeness (QED) is 0.381. The SMILES string of the molecule is CCOc1ccc(N2CC=C[C@@H]3S[C@]45C=CCN(c6ccc(N(CC)CC)cc6)C(=O)C4N([C@@H](CC)CO)C(=O)[C@@H]5[C@@H]3C2=O)cc1. The second kappa shape index (κ2) is 13.2. The summed E-state index contributed by atoms with van der Waals surface area (Å²) in [6.45, 7) is 10.9. The lowest BCUT2D eigenvalue weighted by Gasteiger charge is -2.38. The number of benzene rings is 2. The molecule has 10 heteroatoms. The number of nitrogens with zero attached hydrogens (tertiary/aromatic N) is 4. The first-order chi connectivity index (χ1) is 22.3. The first kappa shape index (κ1) is 32.2. The van der Waals surface area contributed by atoms with Crippen LogP contribution in [0.5, 0.6) is 5.75 Å². The second-order valence-electron chi connectivity index (χ2n) is 12.2. The summed E-state index contributed by atoms with van der Waals surface area (Å²) < 4.78 is 4.65. The van der Waals surface area contributed by atoms with E-state index in [1.807, 2.05) is 86.7 Å². The Bertz CT molecular complexity index is 1500. The molecule has 4 heterocycles. The van der Waals surface area contributed by atoms with E-state index in [2.05, 4.69) is 18.7 Å². The maximum absolute atomic E-state index is 14.8. The molecular formula is C36H44N4O5S. The molecule has 244 valence electrons. The summed E-state index contributed by atoms with van der Waals surface area (Å²) in [7, 11) is 0. The lowest BCUT2D eigenvalue weighted by atomic mass is 9.78. The molecule has 3 amide bonds. The summed E-state index contributed by atoms with van der Waals surface area (Å²) in [6.07, 6.45) is 8.53. The number of hydrogen-bond acceptors (Lipinski definition) is 7. The zero-order chi connectivity index (χ0) is 32.6. The summed E-state index contributed by atoms with van der Waals surface area (Å²) in [6, 6.07) is 14.0. The van der Waals surface area contributed by atoms with Crippen LogP contribution in [0, 0.1) is 11.8 Å². The number of carbonyl (C=O) groups excluding carboxylic acids is 3. The first-order valence-electron chi connectivity index (χ1n) is 16.5. The Kier molecular flexibility index (Phi) is 9.21. The van der Waals surface area contributed by atoms with Crippen LogP contribution in [-0.4, -0.2) is 89.2 Å². The lowest BCUT2D eigenvalue weighted by Crippen LogP contribution is -2.56. The maximum atomic E-state index is 14.8. The Morgan fingerprint density at radius 1 is 0.891 bits per heavy atom. The summed E-state index contributed by atoms with van der Waals surface area (Å²) in [5.74, 6) is -1.24. The van der Waals surface area contributed by atoms with Gasteiger partial charge in [0.25, 0.3) is 5.91 Å². The predicted octanol–water partition coefficient (Wildman–Crippen LogP) is 4.51. The smallest absolute Gasteiger partial charge is 0.251 e. The van der Waals surface area contributed by atoms with Crippen molar-refractivity contribution in [1.82, 2.24) is 4.90 Å². The van der Waals surface area contributed by atoms with Crippen LogP contribution in [0.1, 0.15) is 34.1 Å². The van der Waals surface area contributed by atoms with Gasteiger partial charge in [-0.1, -0.05) is 31.2 Å². The van der Waals surface area contributed by atoms with E-state index in [9.17, 15) is 19.5 Å². The minimum absolute atomic E-state index is 0.131. The standard InChI is InChI=1S/C36H44N4O5S/c1-5-24(23-41)40-32-35(44)39(26-14-12-25(13-15-26)37(6-2)7-3)22-10-20-36(32)31(34(40)43)30-29(46-36)11-9-21-38(33(30)42)27-16-18-28(19-17-27)45-8-4/h9-20,24,29-32,41H,5-8,21-23H2,1-4H3/t24-,29-,30+,31-,32?,36-/m0/s1. The number of likely N-dealkylation sites (tertiary alicyclic amines) is 1. The average Bonchev–Trinajstić information content (AvgIpc) is 3.38. The molecule has 6 atom stereocenters. The van der Waals surface area contributed by atoms with Gasteiger partial charge in [0.1, 0.15) is 11.8 Å². The fourth-order valence-corrected chi connectivity index (χ4v) is 9.66. The van der Waals surface area contributed by atoms with Crippen molar-refractivity contribution in [3.63, 3.8) is 0 Å². The van der Waals surface area contributed by atoms with Crippen molar-refractivity contribution in [2.45, 2.75) is 56.2 Å². The number of ether oxygens (including phenoxy) is 1. The highest BCUT2D eigenvalue weighted by Crippen LogP contribution is 2.61. The number of amides is 3. The van der Waals surface area contributed by atoms with Crippen molar-refractivity contribution in [2.24, 2.45) is 11.8 Å². The number of carbonyl (C=O) groups is 3. The van der Waals surface area contributed by atoms with Gasteiger partial charge in [-0.05, 0) is 75.7 Å². The van der Waals surface area contributed by atoms with E-state index in [4.69, 9.17) is 4.74 Å². The normalized spacial score (nSPS) is 27.7. The lowest BCUT2D eigenvalue weighted by molar-refractivity contribution is -0.141. The van der Waals surface area contributed by atoms with E-state index in [0.29, 0.717) is 26.1 Å². The van der Waals surface area contributed by atoms with E-state index in [1.165, 1.54) is 0 Å². The highest BCUT2D eigenvalue weighted by atomic mass is 32.2. The monoisotopic (exact) mass is 644 g/mol.